The first-order chi connectivity index (χ1) is 12.0. The third kappa shape index (κ3) is 3.42. The summed E-state index contributed by atoms with van der Waals surface area (Å²) >= 11 is 1.55. The van der Waals surface area contributed by atoms with Crippen molar-refractivity contribution < 1.29 is 14.3 Å². The second kappa shape index (κ2) is 6.92. The number of ether oxygens (including phenoxy) is 1. The molecule has 0 spiro atoms. The summed E-state index contributed by atoms with van der Waals surface area (Å²) in [5.74, 6) is -0.755. The molecule has 2 aromatic carbocycles. The molecular weight excluding hydrogens is 334 g/mol. The maximum Gasteiger partial charge on any atom is 0.339 e. The Morgan fingerprint density at radius 1 is 1.28 bits per heavy atom. The van der Waals surface area contributed by atoms with Crippen LogP contribution < -0.4 is 5.32 Å². The van der Waals surface area contributed by atoms with E-state index in [0.29, 0.717) is 12.0 Å². The Kier molecular flexibility index (Phi) is 4.86. The van der Waals surface area contributed by atoms with Gasteiger partial charge in [0.05, 0.1) is 11.3 Å². The number of fused-ring (bicyclic) bond motifs is 1. The summed E-state index contributed by atoms with van der Waals surface area (Å²) in [7, 11) is 0. The summed E-state index contributed by atoms with van der Waals surface area (Å²) in [5, 5.41) is 2.91. The molecule has 130 valence electrons. The number of amides is 1. The topological polar surface area (TPSA) is 55.4 Å². The van der Waals surface area contributed by atoms with Gasteiger partial charge < -0.3 is 10.1 Å². The third-order valence-corrected chi connectivity index (χ3v) is 5.27. The highest BCUT2D eigenvalue weighted by atomic mass is 32.2. The molecule has 1 unspecified atom stereocenters. The first-order valence-electron chi connectivity index (χ1n) is 8.26. The van der Waals surface area contributed by atoms with Crippen molar-refractivity contribution in [1.29, 1.82) is 0 Å². The van der Waals surface area contributed by atoms with Gasteiger partial charge >= 0.3 is 5.97 Å². The normalized spacial score (nSPS) is 19.1. The van der Waals surface area contributed by atoms with E-state index in [-0.39, 0.29) is 5.91 Å². The number of nitrogens with one attached hydrogen (secondary N) is 1. The SMILES string of the molecule is CCc1ccc2c(c1)CC(C)(C(=O)Nc1ccccc1SC)OC2=O. The van der Waals surface area contributed by atoms with Gasteiger partial charge in [0.2, 0.25) is 0 Å². The standard InChI is InChI=1S/C20H21NO3S/c1-4-13-9-10-15-14(11-13)12-20(2,24-18(15)22)19(23)21-16-7-5-6-8-17(16)25-3/h5-11H,4,12H2,1-3H3,(H,21,23). The first-order valence-corrected chi connectivity index (χ1v) is 9.49. The first kappa shape index (κ1) is 17.5. The molecule has 0 saturated carbocycles. The number of anilines is 1. The fourth-order valence-electron chi connectivity index (χ4n) is 3.00. The van der Waals surface area contributed by atoms with Crippen LogP contribution in [0.4, 0.5) is 5.69 Å². The number of esters is 1. The van der Waals surface area contributed by atoms with Crippen molar-refractivity contribution in [2.75, 3.05) is 11.6 Å². The molecular formula is C20H21NO3S. The molecule has 25 heavy (non-hydrogen) atoms. The van der Waals surface area contributed by atoms with Crippen molar-refractivity contribution in [3.8, 4) is 0 Å². The molecule has 0 saturated heterocycles. The molecule has 1 N–H and O–H groups in total. The van der Waals surface area contributed by atoms with Crippen molar-refractivity contribution in [3.05, 3.63) is 59.2 Å². The molecule has 1 atom stereocenters. The number of hydrogen-bond donors (Lipinski definition) is 1. The maximum atomic E-state index is 12.9. The van der Waals surface area contributed by atoms with Crippen molar-refractivity contribution in [2.45, 2.75) is 37.2 Å². The summed E-state index contributed by atoms with van der Waals surface area (Å²) in [6.45, 7) is 3.73. The van der Waals surface area contributed by atoms with Crippen molar-refractivity contribution in [2.24, 2.45) is 0 Å². The van der Waals surface area contributed by atoms with Gasteiger partial charge in [0.25, 0.3) is 5.91 Å². The molecule has 0 aliphatic carbocycles. The lowest BCUT2D eigenvalue weighted by Gasteiger charge is -2.33. The molecule has 3 rings (SSSR count). The number of aryl methyl sites for hydroxylation is 1. The lowest BCUT2D eigenvalue weighted by atomic mass is 9.88. The third-order valence-electron chi connectivity index (χ3n) is 4.48. The number of para-hydroxylation sites is 1. The lowest BCUT2D eigenvalue weighted by molar-refractivity contribution is -0.134. The molecule has 0 aromatic heterocycles. The van der Waals surface area contributed by atoms with Crippen LogP contribution in [0.25, 0.3) is 0 Å². The van der Waals surface area contributed by atoms with E-state index < -0.39 is 11.6 Å². The predicted octanol–water partition coefficient (Wildman–Crippen LogP) is 4.08. The number of thioether (sulfide) groups is 1. The summed E-state index contributed by atoms with van der Waals surface area (Å²) in [4.78, 5) is 26.2. The summed E-state index contributed by atoms with van der Waals surface area (Å²) in [5.41, 5.74) is 2.06. The van der Waals surface area contributed by atoms with E-state index >= 15 is 0 Å². The molecule has 4 nitrogen and oxygen atoms in total. The van der Waals surface area contributed by atoms with Crippen LogP contribution in [-0.4, -0.2) is 23.7 Å². The molecule has 1 amide bonds. The number of cyclic esters (lactones) is 1. The van der Waals surface area contributed by atoms with Crippen molar-refractivity contribution >= 4 is 29.3 Å². The Labute approximate surface area is 152 Å². The van der Waals surface area contributed by atoms with Crippen LogP contribution >= 0.6 is 11.8 Å². The Morgan fingerprint density at radius 2 is 2.04 bits per heavy atom. The van der Waals surface area contributed by atoms with Gasteiger partial charge in [-0.25, -0.2) is 4.79 Å². The maximum absolute atomic E-state index is 12.9. The second-order valence-corrected chi connectivity index (χ2v) is 7.14. The quantitative estimate of drug-likeness (QED) is 0.663. The predicted molar refractivity (Wildman–Crippen MR) is 100 cm³/mol. The number of benzene rings is 2. The number of carbonyl (C=O) groups excluding carboxylic acids is 2. The monoisotopic (exact) mass is 355 g/mol. The van der Waals surface area contributed by atoms with E-state index in [1.807, 2.05) is 42.7 Å². The smallest absolute Gasteiger partial charge is 0.339 e. The molecule has 2 aromatic rings. The van der Waals surface area contributed by atoms with Crippen LogP contribution in [0.1, 0.15) is 35.3 Å². The molecule has 0 bridgehead atoms. The zero-order valence-electron chi connectivity index (χ0n) is 14.6. The van der Waals surface area contributed by atoms with E-state index in [4.69, 9.17) is 4.74 Å². The highest BCUT2D eigenvalue weighted by Gasteiger charge is 2.42. The minimum Gasteiger partial charge on any atom is -0.445 e. The number of carbonyl (C=O) groups is 2. The largest absolute Gasteiger partial charge is 0.445 e. The molecule has 1 aliphatic rings. The summed E-state index contributed by atoms with van der Waals surface area (Å²) < 4.78 is 5.52. The van der Waals surface area contributed by atoms with Gasteiger partial charge in [-0.1, -0.05) is 31.2 Å². The molecule has 1 heterocycles. The van der Waals surface area contributed by atoms with Crippen LogP contribution in [0.15, 0.2) is 47.4 Å². The second-order valence-electron chi connectivity index (χ2n) is 6.30. The van der Waals surface area contributed by atoms with Crippen LogP contribution in [0.5, 0.6) is 0 Å². The van der Waals surface area contributed by atoms with E-state index in [1.165, 1.54) is 0 Å². The van der Waals surface area contributed by atoms with E-state index in [1.54, 1.807) is 24.8 Å². The van der Waals surface area contributed by atoms with Gasteiger partial charge in [0, 0.05) is 11.3 Å². The van der Waals surface area contributed by atoms with Crippen LogP contribution in [0.3, 0.4) is 0 Å². The average molecular weight is 355 g/mol. The van der Waals surface area contributed by atoms with E-state index in [9.17, 15) is 9.59 Å². The van der Waals surface area contributed by atoms with Gasteiger partial charge in [-0.15, -0.1) is 11.8 Å². The molecule has 0 radical (unpaired) electrons. The van der Waals surface area contributed by atoms with Crippen molar-refractivity contribution in [3.63, 3.8) is 0 Å². The summed E-state index contributed by atoms with van der Waals surface area (Å²) in [6.07, 6.45) is 3.21. The van der Waals surface area contributed by atoms with Crippen LogP contribution in [0.2, 0.25) is 0 Å². The Hall–Kier alpha value is -2.27. The Balaban J connectivity index is 1.88. The zero-order valence-corrected chi connectivity index (χ0v) is 15.4. The van der Waals surface area contributed by atoms with Crippen LogP contribution in [0, 0.1) is 0 Å². The molecule has 5 heteroatoms. The molecule has 0 fully saturated rings. The Morgan fingerprint density at radius 3 is 2.76 bits per heavy atom. The van der Waals surface area contributed by atoms with Crippen LogP contribution in [-0.2, 0) is 22.4 Å². The summed E-state index contributed by atoms with van der Waals surface area (Å²) in [6, 6.07) is 13.3. The molecule has 1 aliphatic heterocycles. The van der Waals surface area contributed by atoms with Crippen molar-refractivity contribution in [1.82, 2.24) is 0 Å². The fraction of sp³-hybridized carbons (Fsp3) is 0.300. The van der Waals surface area contributed by atoms with Gasteiger partial charge in [0.1, 0.15) is 0 Å². The lowest BCUT2D eigenvalue weighted by Crippen LogP contribution is -2.49. The van der Waals surface area contributed by atoms with Gasteiger partial charge in [-0.3, -0.25) is 4.79 Å². The highest BCUT2D eigenvalue weighted by Crippen LogP contribution is 2.31. The highest BCUT2D eigenvalue weighted by molar-refractivity contribution is 7.98. The Bertz CT molecular complexity index is 833. The van der Waals surface area contributed by atoms with Gasteiger partial charge in [-0.05, 0) is 48.9 Å². The van der Waals surface area contributed by atoms with E-state index in [0.717, 1.165) is 28.1 Å². The minimum absolute atomic E-state index is 0.310. The fourth-order valence-corrected chi connectivity index (χ4v) is 3.55. The number of hydrogen-bond acceptors (Lipinski definition) is 4. The van der Waals surface area contributed by atoms with Gasteiger partial charge in [-0.2, -0.15) is 0 Å². The minimum atomic E-state index is -1.22. The number of rotatable bonds is 4. The van der Waals surface area contributed by atoms with E-state index in [2.05, 4.69) is 12.2 Å². The van der Waals surface area contributed by atoms with Gasteiger partial charge in [0.15, 0.2) is 5.60 Å². The zero-order chi connectivity index (χ0) is 18.0. The average Bonchev–Trinajstić information content (AvgIpc) is 2.61.